The van der Waals surface area contributed by atoms with Crippen LogP contribution >= 0.6 is 0 Å². The van der Waals surface area contributed by atoms with E-state index in [1.54, 1.807) is 0 Å². The van der Waals surface area contributed by atoms with E-state index < -0.39 is 0 Å². The van der Waals surface area contributed by atoms with E-state index in [9.17, 15) is 0 Å². The molecule has 8 nitrogen and oxygen atoms in total. The zero-order valence-corrected chi connectivity index (χ0v) is 14.5. The third-order valence-corrected chi connectivity index (χ3v) is 5.23. The number of nitrogens with zero attached hydrogens (tertiary/aromatic N) is 7. The SMILES string of the molecule is CN1CCC(N(C)c2nc3nonc3nc2N2CCCCCC2)C1. The highest BCUT2D eigenvalue weighted by atomic mass is 16.6. The minimum Gasteiger partial charge on any atom is -0.353 e. The molecule has 0 saturated carbocycles. The van der Waals surface area contributed by atoms with Crippen LogP contribution < -0.4 is 9.80 Å². The largest absolute Gasteiger partial charge is 0.353 e. The normalized spacial score (nSPS) is 22.9. The van der Waals surface area contributed by atoms with Crippen molar-refractivity contribution in [1.82, 2.24) is 25.2 Å². The zero-order valence-electron chi connectivity index (χ0n) is 14.5. The second-order valence-corrected chi connectivity index (χ2v) is 7.00. The average Bonchev–Trinajstić information content (AvgIpc) is 3.14. The van der Waals surface area contributed by atoms with Gasteiger partial charge in [0.05, 0.1) is 0 Å². The van der Waals surface area contributed by atoms with Crippen molar-refractivity contribution in [3.05, 3.63) is 0 Å². The Labute approximate surface area is 141 Å². The molecule has 0 amide bonds. The van der Waals surface area contributed by atoms with Crippen molar-refractivity contribution >= 4 is 22.9 Å². The maximum Gasteiger partial charge on any atom is 0.245 e. The summed E-state index contributed by atoms with van der Waals surface area (Å²) in [4.78, 5) is 16.5. The fraction of sp³-hybridized carbons (Fsp3) is 0.750. The molecule has 130 valence electrons. The van der Waals surface area contributed by atoms with E-state index in [-0.39, 0.29) is 0 Å². The van der Waals surface area contributed by atoms with E-state index in [0.717, 1.165) is 44.2 Å². The summed E-state index contributed by atoms with van der Waals surface area (Å²) in [6, 6.07) is 0.451. The molecule has 2 fully saturated rings. The van der Waals surface area contributed by atoms with E-state index in [2.05, 4.69) is 39.1 Å². The Morgan fingerprint density at radius 1 is 1.00 bits per heavy atom. The molecule has 4 heterocycles. The average molecular weight is 331 g/mol. The lowest BCUT2D eigenvalue weighted by Gasteiger charge is -2.30. The molecule has 1 unspecified atom stereocenters. The molecule has 0 N–H and O–H groups in total. The van der Waals surface area contributed by atoms with Crippen LogP contribution in [0.25, 0.3) is 11.3 Å². The summed E-state index contributed by atoms with van der Waals surface area (Å²) in [7, 11) is 4.29. The Balaban J connectivity index is 1.72. The van der Waals surface area contributed by atoms with E-state index in [4.69, 9.17) is 14.6 Å². The quantitative estimate of drug-likeness (QED) is 0.838. The van der Waals surface area contributed by atoms with Crippen LogP contribution in [0.1, 0.15) is 32.1 Å². The van der Waals surface area contributed by atoms with Crippen LogP contribution in [0, 0.1) is 0 Å². The first-order valence-corrected chi connectivity index (χ1v) is 8.89. The van der Waals surface area contributed by atoms with Crippen LogP contribution in [-0.2, 0) is 0 Å². The van der Waals surface area contributed by atoms with E-state index in [1.165, 1.54) is 25.7 Å². The topological polar surface area (TPSA) is 74.4 Å². The van der Waals surface area contributed by atoms with Gasteiger partial charge in [0, 0.05) is 32.7 Å². The summed E-state index contributed by atoms with van der Waals surface area (Å²) in [5.41, 5.74) is 0.983. The third-order valence-electron chi connectivity index (χ3n) is 5.23. The van der Waals surface area contributed by atoms with Crippen molar-refractivity contribution < 1.29 is 4.63 Å². The molecular formula is C16H25N7O. The molecule has 0 radical (unpaired) electrons. The van der Waals surface area contributed by atoms with Gasteiger partial charge >= 0.3 is 0 Å². The highest BCUT2D eigenvalue weighted by molar-refractivity contribution is 5.74. The number of hydrogen-bond acceptors (Lipinski definition) is 8. The van der Waals surface area contributed by atoms with Crippen molar-refractivity contribution in [3.63, 3.8) is 0 Å². The lowest BCUT2D eigenvalue weighted by molar-refractivity contribution is 0.314. The maximum atomic E-state index is 4.84. The number of rotatable bonds is 3. The smallest absolute Gasteiger partial charge is 0.245 e. The fourth-order valence-corrected chi connectivity index (χ4v) is 3.75. The molecule has 0 spiro atoms. The molecule has 2 saturated heterocycles. The minimum atomic E-state index is 0.451. The van der Waals surface area contributed by atoms with E-state index in [0.29, 0.717) is 17.3 Å². The predicted molar refractivity (Wildman–Crippen MR) is 92.4 cm³/mol. The maximum absolute atomic E-state index is 4.84. The molecule has 0 aliphatic carbocycles. The molecule has 2 aromatic rings. The molecular weight excluding hydrogens is 306 g/mol. The van der Waals surface area contributed by atoms with Gasteiger partial charge in [-0.05, 0) is 43.2 Å². The minimum absolute atomic E-state index is 0.451. The van der Waals surface area contributed by atoms with Gasteiger partial charge in [-0.15, -0.1) is 0 Å². The summed E-state index contributed by atoms with van der Waals surface area (Å²) in [6.45, 7) is 4.22. The second kappa shape index (κ2) is 6.51. The molecule has 2 aliphatic rings. The highest BCUT2D eigenvalue weighted by Gasteiger charge is 2.29. The van der Waals surface area contributed by atoms with Gasteiger partial charge in [-0.25, -0.2) is 14.6 Å². The summed E-state index contributed by atoms with van der Waals surface area (Å²) in [5.74, 6) is 1.83. The third kappa shape index (κ3) is 2.90. The Hall–Kier alpha value is -1.96. The first-order chi connectivity index (χ1) is 11.7. The summed E-state index contributed by atoms with van der Waals surface area (Å²) >= 11 is 0. The van der Waals surface area contributed by atoms with Crippen LogP contribution in [0.3, 0.4) is 0 Å². The van der Waals surface area contributed by atoms with Crippen molar-refractivity contribution in [1.29, 1.82) is 0 Å². The van der Waals surface area contributed by atoms with Gasteiger partial charge < -0.3 is 14.7 Å². The standard InChI is InChI=1S/C16H25N7O/c1-21-10-7-12(11-21)22(2)15-16(23-8-5-3-4-6-9-23)18-14-13(17-15)19-24-20-14/h12H,3-11H2,1-2H3. The Morgan fingerprint density at radius 2 is 1.71 bits per heavy atom. The summed E-state index contributed by atoms with van der Waals surface area (Å²) < 4.78 is 4.84. The van der Waals surface area contributed by atoms with Crippen LogP contribution in [0.15, 0.2) is 4.63 Å². The van der Waals surface area contributed by atoms with Crippen molar-refractivity contribution in [2.24, 2.45) is 0 Å². The van der Waals surface area contributed by atoms with Crippen LogP contribution in [0.2, 0.25) is 0 Å². The van der Waals surface area contributed by atoms with Gasteiger partial charge in [0.15, 0.2) is 11.6 Å². The van der Waals surface area contributed by atoms with Crippen molar-refractivity contribution in [3.8, 4) is 0 Å². The fourth-order valence-electron chi connectivity index (χ4n) is 3.75. The number of hydrogen-bond donors (Lipinski definition) is 0. The number of anilines is 2. The Morgan fingerprint density at radius 3 is 2.38 bits per heavy atom. The van der Waals surface area contributed by atoms with Crippen LogP contribution in [0.4, 0.5) is 11.6 Å². The monoisotopic (exact) mass is 331 g/mol. The second-order valence-electron chi connectivity index (χ2n) is 7.00. The lowest BCUT2D eigenvalue weighted by Crippen LogP contribution is -2.36. The molecule has 2 aliphatic heterocycles. The summed E-state index contributed by atoms with van der Waals surface area (Å²) in [6.07, 6.45) is 6.12. The molecule has 0 bridgehead atoms. The molecule has 2 aromatic heterocycles. The molecule has 1 atom stereocenters. The van der Waals surface area contributed by atoms with Crippen LogP contribution in [0.5, 0.6) is 0 Å². The van der Waals surface area contributed by atoms with Gasteiger partial charge in [0.2, 0.25) is 11.3 Å². The molecule has 24 heavy (non-hydrogen) atoms. The van der Waals surface area contributed by atoms with Gasteiger partial charge in [-0.1, -0.05) is 12.8 Å². The first-order valence-electron chi connectivity index (χ1n) is 8.89. The predicted octanol–water partition coefficient (Wildman–Crippen LogP) is 1.53. The Bertz CT molecular complexity index is 695. The highest BCUT2D eigenvalue weighted by Crippen LogP contribution is 2.31. The van der Waals surface area contributed by atoms with E-state index >= 15 is 0 Å². The molecule has 4 rings (SSSR count). The number of likely N-dealkylation sites (N-methyl/N-ethyl adjacent to an activating group) is 2. The summed E-state index contributed by atoms with van der Waals surface area (Å²) in [5, 5.41) is 7.79. The van der Waals surface area contributed by atoms with Crippen LogP contribution in [-0.4, -0.2) is 71.5 Å². The van der Waals surface area contributed by atoms with Gasteiger partial charge in [0.1, 0.15) is 0 Å². The molecule has 8 heteroatoms. The van der Waals surface area contributed by atoms with Gasteiger partial charge in [-0.2, -0.15) is 0 Å². The van der Waals surface area contributed by atoms with E-state index in [1.807, 2.05) is 0 Å². The first kappa shape index (κ1) is 15.6. The van der Waals surface area contributed by atoms with Gasteiger partial charge in [0.25, 0.3) is 0 Å². The number of likely N-dealkylation sites (tertiary alicyclic amines) is 1. The molecule has 0 aromatic carbocycles. The number of aromatic nitrogens is 4. The van der Waals surface area contributed by atoms with Crippen molar-refractivity contribution in [2.75, 3.05) is 50.1 Å². The number of fused-ring (bicyclic) bond motifs is 1. The van der Waals surface area contributed by atoms with Gasteiger partial charge in [-0.3, -0.25) is 0 Å². The zero-order chi connectivity index (χ0) is 16.5. The van der Waals surface area contributed by atoms with Crippen molar-refractivity contribution in [2.45, 2.75) is 38.1 Å². The Kier molecular flexibility index (Phi) is 4.22. The lowest BCUT2D eigenvalue weighted by atomic mass is 10.2.